The van der Waals surface area contributed by atoms with Crippen LogP contribution in [0.2, 0.25) is 0 Å². The number of aryl methyl sites for hydroxylation is 2. The van der Waals surface area contributed by atoms with E-state index in [0.29, 0.717) is 31.9 Å². The first-order chi connectivity index (χ1) is 10.1. The Morgan fingerprint density at radius 2 is 1.95 bits per heavy atom. The summed E-state index contributed by atoms with van der Waals surface area (Å²) in [5.74, 6) is -0.662. The summed E-state index contributed by atoms with van der Waals surface area (Å²) in [5, 5.41) is 9.04. The number of carboxylic acid groups (broad SMARTS) is 1. The molecule has 0 aliphatic heterocycles. The molecule has 0 aliphatic carbocycles. The smallest absolute Gasteiger partial charge is 0.339 e. The molecule has 0 unspecified atom stereocenters. The summed E-state index contributed by atoms with van der Waals surface area (Å²) >= 11 is 0. The lowest BCUT2D eigenvalue weighted by Gasteiger charge is -2.08. The van der Waals surface area contributed by atoms with Crippen molar-refractivity contribution in [3.63, 3.8) is 0 Å². The Hall–Kier alpha value is -2.50. The van der Waals surface area contributed by atoms with E-state index in [1.807, 2.05) is 6.92 Å². The van der Waals surface area contributed by atoms with Gasteiger partial charge in [0.2, 0.25) is 0 Å². The second-order valence-electron chi connectivity index (χ2n) is 4.56. The number of hydrogen-bond acceptors (Lipinski definition) is 3. The lowest BCUT2D eigenvalue weighted by molar-refractivity contribution is 0.0692. The van der Waals surface area contributed by atoms with Crippen LogP contribution in [0.3, 0.4) is 0 Å². The molecule has 0 amide bonds. The number of benzene rings is 1. The highest BCUT2D eigenvalue weighted by Gasteiger charge is 2.09. The monoisotopic (exact) mass is 290 g/mol. The topological polar surface area (TPSA) is 73.5 Å². The van der Waals surface area contributed by atoms with Crippen LogP contribution in [0.15, 0.2) is 41.5 Å². The molecule has 1 N–H and O–H groups in total. The van der Waals surface area contributed by atoms with Crippen molar-refractivity contribution in [1.82, 2.24) is 9.13 Å². The van der Waals surface area contributed by atoms with Crippen LogP contribution in [0, 0.1) is 0 Å². The number of aromatic nitrogens is 2. The van der Waals surface area contributed by atoms with E-state index in [9.17, 15) is 9.59 Å². The molecule has 2 rings (SSSR count). The maximum atomic E-state index is 11.8. The van der Waals surface area contributed by atoms with Crippen molar-refractivity contribution in [3.8, 4) is 5.75 Å². The molecule has 0 aliphatic rings. The van der Waals surface area contributed by atoms with Crippen molar-refractivity contribution in [1.29, 1.82) is 0 Å². The third kappa shape index (κ3) is 3.53. The van der Waals surface area contributed by atoms with Crippen LogP contribution in [0.5, 0.6) is 5.75 Å². The summed E-state index contributed by atoms with van der Waals surface area (Å²) in [5.41, 5.74) is 0.107. The van der Waals surface area contributed by atoms with Gasteiger partial charge in [-0.15, -0.1) is 0 Å². The van der Waals surface area contributed by atoms with Gasteiger partial charge in [-0.05, 0) is 25.5 Å². The molecule has 0 fully saturated rings. The van der Waals surface area contributed by atoms with Gasteiger partial charge in [0.1, 0.15) is 11.3 Å². The van der Waals surface area contributed by atoms with E-state index >= 15 is 0 Å². The molecule has 112 valence electrons. The van der Waals surface area contributed by atoms with Crippen molar-refractivity contribution in [2.45, 2.75) is 26.4 Å². The first-order valence-corrected chi connectivity index (χ1v) is 6.84. The van der Waals surface area contributed by atoms with Crippen LogP contribution >= 0.6 is 0 Å². The van der Waals surface area contributed by atoms with E-state index < -0.39 is 5.97 Å². The minimum atomic E-state index is -1.01. The first kappa shape index (κ1) is 14.9. The normalized spacial score (nSPS) is 10.5. The van der Waals surface area contributed by atoms with Crippen LogP contribution in [0.4, 0.5) is 0 Å². The summed E-state index contributed by atoms with van der Waals surface area (Å²) in [6, 6.07) is 6.52. The maximum absolute atomic E-state index is 11.8. The van der Waals surface area contributed by atoms with Gasteiger partial charge < -0.3 is 9.84 Å². The number of nitrogens with zero attached hydrogens (tertiary/aromatic N) is 2. The minimum Gasteiger partial charge on any atom is -0.493 e. The van der Waals surface area contributed by atoms with Crippen molar-refractivity contribution in [2.24, 2.45) is 0 Å². The van der Waals surface area contributed by atoms with Crippen molar-refractivity contribution < 1.29 is 14.6 Å². The Morgan fingerprint density at radius 1 is 1.24 bits per heavy atom. The number of aromatic carboxylic acids is 1. The van der Waals surface area contributed by atoms with Gasteiger partial charge in [0.05, 0.1) is 6.61 Å². The Balaban J connectivity index is 1.89. The molecule has 0 atom stereocenters. The second kappa shape index (κ2) is 6.78. The molecule has 1 aromatic carbocycles. The summed E-state index contributed by atoms with van der Waals surface area (Å²) in [6.45, 7) is 3.46. The zero-order valence-electron chi connectivity index (χ0n) is 11.9. The molecule has 1 aromatic heterocycles. The highest BCUT2D eigenvalue weighted by atomic mass is 16.5. The molecule has 0 spiro atoms. The number of ether oxygens (including phenoxy) is 1. The quantitative estimate of drug-likeness (QED) is 0.790. The highest BCUT2D eigenvalue weighted by Crippen LogP contribution is 2.17. The number of carboxylic acids is 1. The maximum Gasteiger partial charge on any atom is 0.339 e. The van der Waals surface area contributed by atoms with Gasteiger partial charge in [0.15, 0.2) is 0 Å². The molecule has 1 heterocycles. The van der Waals surface area contributed by atoms with E-state index in [1.54, 1.807) is 39.7 Å². The molecule has 0 radical (unpaired) electrons. The van der Waals surface area contributed by atoms with Gasteiger partial charge in [-0.3, -0.25) is 9.13 Å². The summed E-state index contributed by atoms with van der Waals surface area (Å²) in [7, 11) is 0. The molecule has 0 saturated heterocycles. The minimum absolute atomic E-state index is 0.0385. The van der Waals surface area contributed by atoms with Crippen LogP contribution in [0.25, 0.3) is 0 Å². The standard InChI is InChI=1S/C15H18N2O4/c1-2-16-9-10-17(15(16)20)8-5-11-21-13-7-4-3-6-12(13)14(18)19/h3-4,6-7,9-10H,2,5,8,11H2,1H3,(H,18,19). The average Bonchev–Trinajstić information content (AvgIpc) is 2.84. The largest absolute Gasteiger partial charge is 0.493 e. The fourth-order valence-electron chi connectivity index (χ4n) is 2.05. The predicted molar refractivity (Wildman–Crippen MR) is 77.9 cm³/mol. The third-order valence-corrected chi connectivity index (χ3v) is 3.18. The van der Waals surface area contributed by atoms with Gasteiger partial charge in [-0.1, -0.05) is 12.1 Å². The van der Waals surface area contributed by atoms with E-state index in [4.69, 9.17) is 9.84 Å². The predicted octanol–water partition coefficient (Wildman–Crippen LogP) is 1.84. The number of rotatable bonds is 7. The number of hydrogen-bond donors (Lipinski definition) is 1. The van der Waals surface area contributed by atoms with Crippen LogP contribution in [-0.4, -0.2) is 26.8 Å². The highest BCUT2D eigenvalue weighted by molar-refractivity contribution is 5.90. The summed E-state index contributed by atoms with van der Waals surface area (Å²) in [6.07, 6.45) is 4.13. The second-order valence-corrected chi connectivity index (χ2v) is 4.56. The Bertz CT molecular complexity index is 672. The molecular formula is C15H18N2O4. The molecule has 6 nitrogen and oxygen atoms in total. The van der Waals surface area contributed by atoms with Crippen LogP contribution in [0.1, 0.15) is 23.7 Å². The third-order valence-electron chi connectivity index (χ3n) is 3.18. The van der Waals surface area contributed by atoms with Crippen molar-refractivity contribution in [3.05, 3.63) is 52.7 Å². The Morgan fingerprint density at radius 3 is 2.62 bits per heavy atom. The number of imidazole rings is 1. The van der Waals surface area contributed by atoms with Crippen LogP contribution < -0.4 is 10.4 Å². The Labute approximate surface area is 122 Å². The molecule has 6 heteroatoms. The lowest BCUT2D eigenvalue weighted by Crippen LogP contribution is -2.24. The van der Waals surface area contributed by atoms with Gasteiger partial charge >= 0.3 is 11.7 Å². The van der Waals surface area contributed by atoms with E-state index in [1.165, 1.54) is 6.07 Å². The van der Waals surface area contributed by atoms with Gasteiger partial charge in [0.25, 0.3) is 0 Å². The van der Waals surface area contributed by atoms with Crippen molar-refractivity contribution in [2.75, 3.05) is 6.61 Å². The van der Waals surface area contributed by atoms with E-state index in [0.717, 1.165) is 0 Å². The number of para-hydroxylation sites is 1. The Kier molecular flexibility index (Phi) is 4.81. The molecular weight excluding hydrogens is 272 g/mol. The SMILES string of the molecule is CCn1ccn(CCCOc2ccccc2C(=O)O)c1=O. The molecule has 2 aromatic rings. The molecule has 21 heavy (non-hydrogen) atoms. The van der Waals surface area contributed by atoms with Crippen molar-refractivity contribution >= 4 is 5.97 Å². The first-order valence-electron chi connectivity index (χ1n) is 6.84. The van der Waals surface area contributed by atoms with Gasteiger partial charge in [-0.2, -0.15) is 0 Å². The van der Waals surface area contributed by atoms with Gasteiger partial charge in [0, 0.05) is 25.5 Å². The lowest BCUT2D eigenvalue weighted by atomic mass is 10.2. The average molecular weight is 290 g/mol. The number of carbonyl (C=O) groups is 1. The zero-order valence-corrected chi connectivity index (χ0v) is 11.9. The fraction of sp³-hybridized carbons (Fsp3) is 0.333. The zero-order chi connectivity index (χ0) is 15.2. The van der Waals surface area contributed by atoms with E-state index in [-0.39, 0.29) is 11.3 Å². The fourth-order valence-corrected chi connectivity index (χ4v) is 2.05. The van der Waals surface area contributed by atoms with E-state index in [2.05, 4.69) is 0 Å². The van der Waals surface area contributed by atoms with Gasteiger partial charge in [-0.25, -0.2) is 9.59 Å². The summed E-state index contributed by atoms with van der Waals surface area (Å²) in [4.78, 5) is 22.8. The van der Waals surface area contributed by atoms with Crippen LogP contribution in [-0.2, 0) is 13.1 Å². The molecule has 0 bridgehead atoms. The molecule has 0 saturated carbocycles. The summed E-state index contributed by atoms with van der Waals surface area (Å²) < 4.78 is 8.74.